The van der Waals surface area contributed by atoms with Gasteiger partial charge in [-0.3, -0.25) is 4.79 Å². The summed E-state index contributed by atoms with van der Waals surface area (Å²) in [6.45, 7) is 5.96. The summed E-state index contributed by atoms with van der Waals surface area (Å²) in [6, 6.07) is 12.0. The van der Waals surface area contributed by atoms with Gasteiger partial charge in [0.25, 0.3) is 0 Å². The van der Waals surface area contributed by atoms with Crippen LogP contribution in [0.25, 0.3) is 11.4 Å². The normalized spacial score (nSPS) is 16.4. The molecule has 35 heavy (non-hydrogen) atoms. The van der Waals surface area contributed by atoms with Crippen molar-refractivity contribution < 1.29 is 23.2 Å². The van der Waals surface area contributed by atoms with Crippen LogP contribution in [0.2, 0.25) is 0 Å². The number of nitrogens with one attached hydrogen (secondary N) is 1. The van der Waals surface area contributed by atoms with Crippen LogP contribution in [0.1, 0.15) is 12.3 Å². The van der Waals surface area contributed by atoms with Crippen molar-refractivity contribution in [3.63, 3.8) is 0 Å². The fourth-order valence-corrected chi connectivity index (χ4v) is 4.22. The zero-order valence-electron chi connectivity index (χ0n) is 19.4. The van der Waals surface area contributed by atoms with Gasteiger partial charge in [-0.15, -0.1) is 0 Å². The number of halogens is 1. The van der Waals surface area contributed by atoms with E-state index in [1.54, 1.807) is 12.1 Å². The minimum Gasteiger partial charge on any atom is -0.378 e. The third-order valence-electron chi connectivity index (χ3n) is 6.12. The van der Waals surface area contributed by atoms with Crippen LogP contribution in [-0.2, 0) is 20.7 Å². The van der Waals surface area contributed by atoms with Crippen LogP contribution in [0.15, 0.2) is 47.0 Å². The molecule has 3 heterocycles. The third-order valence-corrected chi connectivity index (χ3v) is 6.12. The topological polar surface area (TPSA) is 93.0 Å². The molecule has 2 aromatic carbocycles. The maximum atomic E-state index is 13.1. The molecule has 2 saturated heterocycles. The molecule has 10 heteroatoms. The lowest BCUT2D eigenvalue weighted by Crippen LogP contribution is -2.38. The molecule has 0 atom stereocenters. The molecule has 0 spiro atoms. The van der Waals surface area contributed by atoms with Crippen LogP contribution >= 0.6 is 0 Å². The summed E-state index contributed by atoms with van der Waals surface area (Å²) >= 11 is 0. The summed E-state index contributed by atoms with van der Waals surface area (Å²) in [5.74, 6) is 0.257. The monoisotopic (exact) mass is 481 g/mol. The molecule has 5 rings (SSSR count). The molecule has 0 saturated carbocycles. The van der Waals surface area contributed by atoms with Crippen molar-refractivity contribution in [2.75, 3.05) is 67.7 Å². The Morgan fingerprint density at radius 3 is 2.34 bits per heavy atom. The maximum Gasteiger partial charge on any atom is 0.227 e. The lowest BCUT2D eigenvalue weighted by molar-refractivity contribution is -0.116. The van der Waals surface area contributed by atoms with Crippen molar-refractivity contribution in [3.8, 4) is 11.4 Å². The van der Waals surface area contributed by atoms with Gasteiger partial charge in [0, 0.05) is 50.3 Å². The van der Waals surface area contributed by atoms with Crippen molar-refractivity contribution in [1.82, 2.24) is 10.1 Å². The summed E-state index contributed by atoms with van der Waals surface area (Å²) in [5.41, 5.74) is 3.53. The summed E-state index contributed by atoms with van der Waals surface area (Å²) in [6.07, 6.45) is 0.498. The van der Waals surface area contributed by atoms with E-state index < -0.39 is 0 Å². The average molecular weight is 482 g/mol. The molecule has 0 bridgehead atoms. The Kier molecular flexibility index (Phi) is 7.20. The van der Waals surface area contributed by atoms with E-state index in [1.165, 1.54) is 12.1 Å². The molecule has 184 valence electrons. The predicted molar refractivity (Wildman–Crippen MR) is 129 cm³/mol. The second-order valence-electron chi connectivity index (χ2n) is 8.47. The van der Waals surface area contributed by atoms with Gasteiger partial charge in [-0.1, -0.05) is 5.16 Å². The van der Waals surface area contributed by atoms with E-state index >= 15 is 0 Å². The smallest absolute Gasteiger partial charge is 0.227 e. The van der Waals surface area contributed by atoms with Gasteiger partial charge in [-0.05, 0) is 42.5 Å². The predicted octanol–water partition coefficient (Wildman–Crippen LogP) is 3.12. The van der Waals surface area contributed by atoms with Crippen LogP contribution in [-0.4, -0.2) is 68.7 Å². The SMILES string of the molecule is O=C(CCc1nc(-c2ccc(F)cc2)no1)Nc1ccc(N2CCOCC2)cc1N1CCOCC1. The number of carbonyl (C=O) groups is 1. The highest BCUT2D eigenvalue weighted by atomic mass is 19.1. The fraction of sp³-hybridized carbons (Fsp3) is 0.400. The van der Waals surface area contributed by atoms with Crippen molar-refractivity contribution in [2.45, 2.75) is 12.8 Å². The Hall–Kier alpha value is -3.50. The van der Waals surface area contributed by atoms with Crippen LogP contribution < -0.4 is 15.1 Å². The quantitative estimate of drug-likeness (QED) is 0.550. The van der Waals surface area contributed by atoms with Crippen molar-refractivity contribution in [2.24, 2.45) is 0 Å². The molecule has 1 aromatic heterocycles. The number of ether oxygens (including phenoxy) is 2. The minimum absolute atomic E-state index is 0.139. The first kappa shape index (κ1) is 23.3. The second-order valence-corrected chi connectivity index (χ2v) is 8.47. The van der Waals surface area contributed by atoms with Gasteiger partial charge >= 0.3 is 0 Å². The number of amides is 1. The van der Waals surface area contributed by atoms with Crippen molar-refractivity contribution >= 4 is 23.0 Å². The van der Waals surface area contributed by atoms with Gasteiger partial charge in [0.2, 0.25) is 17.6 Å². The number of nitrogens with zero attached hydrogens (tertiary/aromatic N) is 4. The molecule has 2 aliphatic rings. The highest BCUT2D eigenvalue weighted by Gasteiger charge is 2.20. The lowest BCUT2D eigenvalue weighted by Gasteiger charge is -2.33. The van der Waals surface area contributed by atoms with E-state index in [0.29, 0.717) is 50.1 Å². The zero-order chi connectivity index (χ0) is 24.0. The van der Waals surface area contributed by atoms with E-state index in [9.17, 15) is 9.18 Å². The maximum absolute atomic E-state index is 13.1. The minimum atomic E-state index is -0.330. The van der Waals surface area contributed by atoms with Gasteiger partial charge in [0.15, 0.2) is 0 Å². The third kappa shape index (κ3) is 5.77. The average Bonchev–Trinajstić information content (AvgIpc) is 3.38. The lowest BCUT2D eigenvalue weighted by atomic mass is 10.1. The number of aryl methyl sites for hydroxylation is 1. The second kappa shape index (κ2) is 10.8. The standard InChI is InChI=1S/C25H28FN5O4/c26-19-3-1-18(2-4-19)25-28-24(35-29-25)8-7-23(32)27-21-6-5-20(30-9-13-33-14-10-30)17-22(21)31-11-15-34-16-12-31/h1-6,17H,7-16H2,(H,27,32). The number of hydrogen-bond donors (Lipinski definition) is 1. The molecule has 3 aromatic rings. The molecule has 2 fully saturated rings. The van der Waals surface area contributed by atoms with Gasteiger partial charge < -0.3 is 29.1 Å². The molecule has 2 aliphatic heterocycles. The number of morpholine rings is 2. The van der Waals surface area contributed by atoms with Crippen molar-refractivity contribution in [3.05, 3.63) is 54.2 Å². The Morgan fingerprint density at radius 1 is 0.943 bits per heavy atom. The largest absolute Gasteiger partial charge is 0.378 e. The number of hydrogen-bond acceptors (Lipinski definition) is 8. The van der Waals surface area contributed by atoms with Gasteiger partial charge in [0.05, 0.1) is 37.8 Å². The molecule has 1 N–H and O–H groups in total. The van der Waals surface area contributed by atoms with Crippen LogP contribution in [0.5, 0.6) is 0 Å². The summed E-state index contributed by atoms with van der Waals surface area (Å²) < 4.78 is 29.4. The fourth-order valence-electron chi connectivity index (χ4n) is 4.22. The molecule has 0 radical (unpaired) electrons. The van der Waals surface area contributed by atoms with Gasteiger partial charge in [0.1, 0.15) is 5.82 Å². The Morgan fingerprint density at radius 2 is 1.63 bits per heavy atom. The number of carbonyl (C=O) groups excluding carboxylic acids is 1. The van der Waals surface area contributed by atoms with E-state index in [4.69, 9.17) is 14.0 Å². The summed E-state index contributed by atoms with van der Waals surface area (Å²) in [5, 5.41) is 6.99. The Balaban J connectivity index is 1.25. The Labute approximate surface area is 202 Å². The first-order valence-electron chi connectivity index (χ1n) is 11.8. The highest BCUT2D eigenvalue weighted by Crippen LogP contribution is 2.32. The summed E-state index contributed by atoms with van der Waals surface area (Å²) in [7, 11) is 0. The number of anilines is 3. The Bertz CT molecular complexity index is 1140. The highest BCUT2D eigenvalue weighted by molar-refractivity contribution is 5.95. The van der Waals surface area contributed by atoms with E-state index in [-0.39, 0.29) is 18.1 Å². The molecular formula is C25H28FN5O4. The first-order valence-corrected chi connectivity index (χ1v) is 11.8. The van der Waals surface area contributed by atoms with Crippen LogP contribution in [0.3, 0.4) is 0 Å². The van der Waals surface area contributed by atoms with E-state index in [1.807, 2.05) is 12.1 Å². The zero-order valence-corrected chi connectivity index (χ0v) is 19.4. The number of rotatable bonds is 7. The molecule has 9 nitrogen and oxygen atoms in total. The summed E-state index contributed by atoms with van der Waals surface area (Å²) in [4.78, 5) is 21.7. The van der Waals surface area contributed by atoms with E-state index in [0.717, 1.165) is 43.2 Å². The van der Waals surface area contributed by atoms with Crippen molar-refractivity contribution in [1.29, 1.82) is 0 Å². The molecular weight excluding hydrogens is 453 g/mol. The molecule has 1 amide bonds. The molecule has 0 aliphatic carbocycles. The van der Waals surface area contributed by atoms with Gasteiger partial charge in [-0.2, -0.15) is 4.98 Å². The number of benzene rings is 2. The first-order chi connectivity index (χ1) is 17.2. The van der Waals surface area contributed by atoms with Crippen LogP contribution in [0, 0.1) is 5.82 Å². The van der Waals surface area contributed by atoms with Gasteiger partial charge in [-0.25, -0.2) is 4.39 Å². The molecule has 0 unspecified atom stereocenters. The van der Waals surface area contributed by atoms with Crippen LogP contribution in [0.4, 0.5) is 21.5 Å². The van der Waals surface area contributed by atoms with E-state index in [2.05, 4.69) is 31.3 Å². The number of aromatic nitrogens is 2.